The molecule has 6 nitrogen and oxygen atoms in total. The monoisotopic (exact) mass is 221 g/mol. The summed E-state index contributed by atoms with van der Waals surface area (Å²) in [6.07, 6.45) is 6.04. The van der Waals surface area contributed by atoms with Gasteiger partial charge in [-0.2, -0.15) is 0 Å². The normalized spacial score (nSPS) is 13.1. The Morgan fingerprint density at radius 2 is 2.44 bits per heavy atom. The van der Waals surface area contributed by atoms with Crippen molar-refractivity contribution >= 4 is 5.65 Å². The fourth-order valence-corrected chi connectivity index (χ4v) is 1.63. The maximum Gasteiger partial charge on any atom is 0.182 e. The minimum atomic E-state index is 0.236. The summed E-state index contributed by atoms with van der Waals surface area (Å²) in [5.41, 5.74) is 1.73. The van der Waals surface area contributed by atoms with Gasteiger partial charge in [0.05, 0.1) is 12.3 Å². The van der Waals surface area contributed by atoms with Crippen LogP contribution in [0.1, 0.15) is 5.69 Å². The van der Waals surface area contributed by atoms with Gasteiger partial charge < -0.3 is 10.1 Å². The first kappa shape index (κ1) is 11.0. The second kappa shape index (κ2) is 5.00. The van der Waals surface area contributed by atoms with Crippen LogP contribution in [-0.2, 0) is 11.2 Å². The first-order chi connectivity index (χ1) is 7.85. The highest BCUT2D eigenvalue weighted by Gasteiger charge is 2.11. The van der Waals surface area contributed by atoms with Gasteiger partial charge in [0.2, 0.25) is 0 Å². The second-order valence-corrected chi connectivity index (χ2v) is 3.58. The maximum atomic E-state index is 5.13. The molecule has 0 aliphatic heterocycles. The van der Waals surface area contributed by atoms with Crippen LogP contribution in [0.2, 0.25) is 0 Å². The highest BCUT2D eigenvalue weighted by Crippen LogP contribution is 2.06. The lowest BCUT2D eigenvalue weighted by atomic mass is 10.1. The molecule has 0 amide bonds. The summed E-state index contributed by atoms with van der Waals surface area (Å²) in [5, 5.41) is 11.1. The molecule has 0 saturated carbocycles. The zero-order chi connectivity index (χ0) is 11.4. The Balaban J connectivity index is 2.22. The smallest absolute Gasteiger partial charge is 0.182 e. The number of nitrogens with zero attached hydrogens (tertiary/aromatic N) is 4. The molecule has 16 heavy (non-hydrogen) atoms. The van der Waals surface area contributed by atoms with Gasteiger partial charge in [0.1, 0.15) is 6.33 Å². The number of fused-ring (bicyclic) bond motifs is 1. The molecule has 86 valence electrons. The summed E-state index contributed by atoms with van der Waals surface area (Å²) < 4.78 is 6.99. The summed E-state index contributed by atoms with van der Waals surface area (Å²) in [6, 6.07) is 0.236. The fourth-order valence-electron chi connectivity index (χ4n) is 1.63. The predicted octanol–water partition coefficient (Wildman–Crippen LogP) is -0.0988. The van der Waals surface area contributed by atoms with Crippen molar-refractivity contribution in [2.75, 3.05) is 20.8 Å². The predicted molar refractivity (Wildman–Crippen MR) is 59.2 cm³/mol. The Kier molecular flexibility index (Phi) is 3.43. The van der Waals surface area contributed by atoms with Crippen LogP contribution in [0.5, 0.6) is 0 Å². The van der Waals surface area contributed by atoms with Gasteiger partial charge in [0, 0.05) is 32.0 Å². The molecule has 0 aromatic carbocycles. The molecule has 0 saturated heterocycles. The van der Waals surface area contributed by atoms with E-state index in [1.54, 1.807) is 19.6 Å². The Morgan fingerprint density at radius 1 is 1.56 bits per heavy atom. The maximum absolute atomic E-state index is 5.13. The van der Waals surface area contributed by atoms with Crippen molar-refractivity contribution < 1.29 is 4.74 Å². The van der Waals surface area contributed by atoms with E-state index >= 15 is 0 Å². The van der Waals surface area contributed by atoms with E-state index in [2.05, 4.69) is 20.5 Å². The minimum absolute atomic E-state index is 0.236. The van der Waals surface area contributed by atoms with Crippen LogP contribution in [0.25, 0.3) is 5.65 Å². The van der Waals surface area contributed by atoms with Crippen molar-refractivity contribution in [3.8, 4) is 0 Å². The van der Waals surface area contributed by atoms with Crippen LogP contribution in [0.4, 0.5) is 0 Å². The first-order valence-electron chi connectivity index (χ1n) is 5.14. The topological polar surface area (TPSA) is 64.3 Å². The summed E-state index contributed by atoms with van der Waals surface area (Å²) in [5.74, 6) is 0. The van der Waals surface area contributed by atoms with E-state index < -0.39 is 0 Å². The van der Waals surface area contributed by atoms with Gasteiger partial charge in [-0.25, -0.2) is 0 Å². The average molecular weight is 221 g/mol. The van der Waals surface area contributed by atoms with Gasteiger partial charge in [-0.15, -0.1) is 10.2 Å². The van der Waals surface area contributed by atoms with Gasteiger partial charge in [-0.1, -0.05) is 0 Å². The SMILES string of the molecule is CNC(COC)Cc1nccn2cnnc12. The van der Waals surface area contributed by atoms with Crippen LogP contribution in [0.15, 0.2) is 18.7 Å². The van der Waals surface area contributed by atoms with Gasteiger partial charge in [0.15, 0.2) is 5.65 Å². The van der Waals surface area contributed by atoms with Crippen LogP contribution in [0, 0.1) is 0 Å². The van der Waals surface area contributed by atoms with Gasteiger partial charge in [0.25, 0.3) is 0 Å². The third-order valence-electron chi connectivity index (χ3n) is 2.50. The van der Waals surface area contributed by atoms with Gasteiger partial charge in [-0.05, 0) is 7.05 Å². The largest absolute Gasteiger partial charge is 0.383 e. The summed E-state index contributed by atoms with van der Waals surface area (Å²) in [7, 11) is 3.60. The third-order valence-corrected chi connectivity index (χ3v) is 2.50. The van der Waals surface area contributed by atoms with E-state index in [0.717, 1.165) is 17.8 Å². The lowest BCUT2D eigenvalue weighted by Crippen LogP contribution is -2.32. The van der Waals surface area contributed by atoms with E-state index in [1.807, 2.05) is 17.6 Å². The molecular formula is C10H15N5O. The first-order valence-corrected chi connectivity index (χ1v) is 5.14. The number of methoxy groups -OCH3 is 1. The summed E-state index contributed by atoms with van der Waals surface area (Å²) in [6.45, 7) is 0.646. The number of nitrogens with one attached hydrogen (secondary N) is 1. The van der Waals surface area contributed by atoms with Gasteiger partial charge >= 0.3 is 0 Å². The molecule has 2 rings (SSSR count). The quantitative estimate of drug-likeness (QED) is 0.764. The molecule has 0 radical (unpaired) electrons. The van der Waals surface area contributed by atoms with Crippen molar-refractivity contribution in [1.82, 2.24) is 24.9 Å². The zero-order valence-electron chi connectivity index (χ0n) is 9.42. The molecule has 6 heteroatoms. The molecule has 0 bridgehead atoms. The van der Waals surface area contributed by atoms with Crippen LogP contribution in [0.3, 0.4) is 0 Å². The molecule has 2 aromatic heterocycles. The van der Waals surface area contributed by atoms with Crippen molar-refractivity contribution in [2.24, 2.45) is 0 Å². The molecule has 0 spiro atoms. The molecule has 1 atom stereocenters. The average Bonchev–Trinajstić information content (AvgIpc) is 2.77. The van der Waals surface area contributed by atoms with Crippen LogP contribution in [-0.4, -0.2) is 46.4 Å². The lowest BCUT2D eigenvalue weighted by molar-refractivity contribution is 0.169. The zero-order valence-corrected chi connectivity index (χ0v) is 9.42. The second-order valence-electron chi connectivity index (χ2n) is 3.58. The highest BCUT2D eigenvalue weighted by atomic mass is 16.5. The molecule has 1 N–H and O–H groups in total. The molecule has 0 fully saturated rings. The Hall–Kier alpha value is -1.53. The summed E-state index contributed by atoms with van der Waals surface area (Å²) in [4.78, 5) is 4.33. The summed E-state index contributed by atoms with van der Waals surface area (Å²) >= 11 is 0. The number of aromatic nitrogens is 4. The number of rotatable bonds is 5. The molecule has 0 aliphatic rings. The molecule has 1 unspecified atom stereocenters. The molecule has 2 aromatic rings. The fraction of sp³-hybridized carbons (Fsp3) is 0.500. The minimum Gasteiger partial charge on any atom is -0.383 e. The molecular weight excluding hydrogens is 206 g/mol. The standard InChI is InChI=1S/C10H15N5O/c1-11-8(6-16-2)5-9-10-14-13-7-15(10)4-3-12-9/h3-4,7-8,11H,5-6H2,1-2H3. The van der Waals surface area contributed by atoms with E-state index in [-0.39, 0.29) is 6.04 Å². The lowest BCUT2D eigenvalue weighted by Gasteiger charge is -2.14. The Bertz CT molecular complexity index is 455. The molecule has 0 aliphatic carbocycles. The molecule has 2 heterocycles. The Morgan fingerprint density at radius 3 is 3.19 bits per heavy atom. The number of likely N-dealkylation sites (N-methyl/N-ethyl adjacent to an activating group) is 1. The van der Waals surface area contributed by atoms with Crippen molar-refractivity contribution in [3.05, 3.63) is 24.4 Å². The van der Waals surface area contributed by atoms with E-state index in [0.29, 0.717) is 6.61 Å². The van der Waals surface area contributed by atoms with Crippen LogP contribution < -0.4 is 5.32 Å². The van der Waals surface area contributed by atoms with Crippen LogP contribution >= 0.6 is 0 Å². The third kappa shape index (κ3) is 2.17. The van der Waals surface area contributed by atoms with E-state index in [1.165, 1.54) is 0 Å². The van der Waals surface area contributed by atoms with E-state index in [4.69, 9.17) is 4.74 Å². The Labute approximate surface area is 93.7 Å². The number of ether oxygens (including phenoxy) is 1. The van der Waals surface area contributed by atoms with Crippen molar-refractivity contribution in [2.45, 2.75) is 12.5 Å². The van der Waals surface area contributed by atoms with Crippen molar-refractivity contribution in [3.63, 3.8) is 0 Å². The van der Waals surface area contributed by atoms with Crippen molar-refractivity contribution in [1.29, 1.82) is 0 Å². The van der Waals surface area contributed by atoms with Gasteiger partial charge in [-0.3, -0.25) is 9.38 Å². The van der Waals surface area contributed by atoms with E-state index in [9.17, 15) is 0 Å². The highest BCUT2D eigenvalue weighted by molar-refractivity contribution is 5.42. The number of hydrogen-bond acceptors (Lipinski definition) is 5. The number of hydrogen-bond donors (Lipinski definition) is 1.